The van der Waals surface area contributed by atoms with Crippen molar-refractivity contribution in [2.24, 2.45) is 0 Å². The van der Waals surface area contributed by atoms with Crippen molar-refractivity contribution in [1.29, 1.82) is 0 Å². The number of hydrogen-bond acceptors (Lipinski definition) is 2. The van der Waals surface area contributed by atoms with Crippen LogP contribution in [0, 0.1) is 0 Å². The van der Waals surface area contributed by atoms with Crippen molar-refractivity contribution in [3.63, 3.8) is 0 Å². The summed E-state index contributed by atoms with van der Waals surface area (Å²) >= 11 is 0. The van der Waals surface area contributed by atoms with Gasteiger partial charge in [0.05, 0.1) is 6.54 Å². The number of alkyl halides is 3. The molecular formula is C9H19F3N2. The third-order valence-electron chi connectivity index (χ3n) is 1.92. The molecule has 2 nitrogen and oxygen atoms in total. The van der Waals surface area contributed by atoms with Gasteiger partial charge in [0.2, 0.25) is 0 Å². The van der Waals surface area contributed by atoms with E-state index in [9.17, 15) is 13.2 Å². The van der Waals surface area contributed by atoms with Crippen molar-refractivity contribution < 1.29 is 13.2 Å². The quantitative estimate of drug-likeness (QED) is 0.648. The van der Waals surface area contributed by atoms with Gasteiger partial charge in [-0.1, -0.05) is 6.42 Å². The molecular weight excluding hydrogens is 193 g/mol. The van der Waals surface area contributed by atoms with Crippen LogP contribution in [0.1, 0.15) is 19.3 Å². The van der Waals surface area contributed by atoms with E-state index in [0.29, 0.717) is 6.54 Å². The number of nitrogens with zero attached hydrogens (tertiary/aromatic N) is 1. The average molecular weight is 212 g/mol. The number of hydrogen-bond donors (Lipinski definition) is 1. The summed E-state index contributed by atoms with van der Waals surface area (Å²) in [6, 6.07) is 0. The van der Waals surface area contributed by atoms with Crippen LogP contribution in [0.15, 0.2) is 0 Å². The maximum atomic E-state index is 11.9. The summed E-state index contributed by atoms with van der Waals surface area (Å²) in [6.45, 7) is 0.644. The number of unbranched alkanes of at least 4 members (excludes halogenated alkanes) is 2. The third kappa shape index (κ3) is 9.80. The van der Waals surface area contributed by atoms with E-state index in [-0.39, 0.29) is 0 Å². The summed E-state index contributed by atoms with van der Waals surface area (Å²) in [5.41, 5.74) is 0. The summed E-state index contributed by atoms with van der Waals surface area (Å²) in [7, 11) is 3.38. The molecule has 0 unspecified atom stereocenters. The molecule has 0 atom stereocenters. The van der Waals surface area contributed by atoms with Crippen molar-refractivity contribution in [3.05, 3.63) is 0 Å². The van der Waals surface area contributed by atoms with E-state index in [1.807, 2.05) is 7.05 Å². The Morgan fingerprint density at radius 1 is 1.14 bits per heavy atom. The molecule has 0 aliphatic carbocycles. The molecule has 0 aliphatic heterocycles. The first kappa shape index (κ1) is 13.7. The average Bonchev–Trinajstić information content (AvgIpc) is 2.00. The number of halogens is 3. The summed E-state index contributed by atoms with van der Waals surface area (Å²) in [5.74, 6) is 0. The molecule has 0 heterocycles. The maximum Gasteiger partial charge on any atom is 0.401 e. The summed E-state index contributed by atoms with van der Waals surface area (Å²) in [6.07, 6.45) is -1.24. The summed E-state index contributed by atoms with van der Waals surface area (Å²) in [4.78, 5) is 1.32. The Morgan fingerprint density at radius 3 is 2.29 bits per heavy atom. The van der Waals surface area contributed by atoms with Crippen LogP contribution in [0.25, 0.3) is 0 Å². The second-order valence-electron chi connectivity index (χ2n) is 3.52. The predicted octanol–water partition coefficient (Wildman–Crippen LogP) is 1.87. The van der Waals surface area contributed by atoms with Crippen molar-refractivity contribution in [3.8, 4) is 0 Å². The first-order chi connectivity index (χ1) is 6.45. The van der Waals surface area contributed by atoms with Gasteiger partial charge >= 0.3 is 6.18 Å². The van der Waals surface area contributed by atoms with Gasteiger partial charge < -0.3 is 5.32 Å². The van der Waals surface area contributed by atoms with E-state index >= 15 is 0 Å². The van der Waals surface area contributed by atoms with E-state index in [0.717, 1.165) is 25.8 Å². The van der Waals surface area contributed by atoms with Crippen LogP contribution >= 0.6 is 0 Å². The van der Waals surface area contributed by atoms with E-state index < -0.39 is 12.7 Å². The van der Waals surface area contributed by atoms with Crippen molar-refractivity contribution >= 4 is 0 Å². The fourth-order valence-corrected chi connectivity index (χ4v) is 1.25. The molecule has 0 aromatic rings. The zero-order valence-electron chi connectivity index (χ0n) is 8.82. The summed E-state index contributed by atoms with van der Waals surface area (Å²) < 4.78 is 35.7. The van der Waals surface area contributed by atoms with Crippen LogP contribution < -0.4 is 5.32 Å². The van der Waals surface area contributed by atoms with Gasteiger partial charge in [-0.15, -0.1) is 0 Å². The van der Waals surface area contributed by atoms with Crippen molar-refractivity contribution in [2.45, 2.75) is 25.4 Å². The zero-order chi connectivity index (χ0) is 11.0. The minimum Gasteiger partial charge on any atom is -0.320 e. The molecule has 0 saturated carbocycles. The maximum absolute atomic E-state index is 11.9. The highest BCUT2D eigenvalue weighted by molar-refractivity contribution is 4.58. The molecule has 86 valence electrons. The zero-order valence-corrected chi connectivity index (χ0v) is 8.82. The molecule has 0 rings (SSSR count). The largest absolute Gasteiger partial charge is 0.401 e. The van der Waals surface area contributed by atoms with Crippen molar-refractivity contribution in [2.75, 3.05) is 33.7 Å². The Hall–Kier alpha value is -0.290. The van der Waals surface area contributed by atoms with Crippen LogP contribution in [0.3, 0.4) is 0 Å². The van der Waals surface area contributed by atoms with Crippen LogP contribution in [-0.4, -0.2) is 44.8 Å². The standard InChI is InChI=1S/C9H19F3N2/c1-13-6-4-3-5-7-14(2)8-9(10,11)12/h13H,3-8H2,1-2H3. The normalized spacial score (nSPS) is 12.4. The lowest BCUT2D eigenvalue weighted by Gasteiger charge is -2.18. The van der Waals surface area contributed by atoms with Crippen molar-refractivity contribution in [1.82, 2.24) is 10.2 Å². The van der Waals surface area contributed by atoms with Crippen LogP contribution in [0.4, 0.5) is 13.2 Å². The first-order valence-corrected chi connectivity index (χ1v) is 4.85. The highest BCUT2D eigenvalue weighted by Gasteiger charge is 2.28. The number of rotatable bonds is 7. The van der Waals surface area contributed by atoms with Gasteiger partial charge in [-0.05, 0) is 40.0 Å². The first-order valence-electron chi connectivity index (χ1n) is 4.85. The molecule has 0 saturated heterocycles. The van der Waals surface area contributed by atoms with E-state index in [1.165, 1.54) is 11.9 Å². The van der Waals surface area contributed by atoms with Gasteiger partial charge in [-0.2, -0.15) is 13.2 Å². The molecule has 0 aromatic heterocycles. The van der Waals surface area contributed by atoms with Gasteiger partial charge in [0.25, 0.3) is 0 Å². The molecule has 0 amide bonds. The lowest BCUT2D eigenvalue weighted by Crippen LogP contribution is -2.31. The molecule has 0 aliphatic rings. The van der Waals surface area contributed by atoms with Gasteiger partial charge in [0.1, 0.15) is 0 Å². The Balaban J connectivity index is 3.31. The summed E-state index contributed by atoms with van der Waals surface area (Å²) in [5, 5.41) is 3.00. The van der Waals surface area contributed by atoms with Crippen LogP contribution in [0.2, 0.25) is 0 Å². The molecule has 0 aromatic carbocycles. The molecule has 0 radical (unpaired) electrons. The molecule has 14 heavy (non-hydrogen) atoms. The Bertz CT molecular complexity index is 137. The van der Waals surface area contributed by atoms with Gasteiger partial charge in [-0.25, -0.2) is 0 Å². The minimum atomic E-state index is -4.07. The van der Waals surface area contributed by atoms with Crippen LogP contribution in [0.5, 0.6) is 0 Å². The Kier molecular flexibility index (Phi) is 6.92. The second-order valence-corrected chi connectivity index (χ2v) is 3.52. The fourth-order valence-electron chi connectivity index (χ4n) is 1.25. The lowest BCUT2D eigenvalue weighted by atomic mass is 10.2. The topological polar surface area (TPSA) is 15.3 Å². The smallest absolute Gasteiger partial charge is 0.320 e. The van der Waals surface area contributed by atoms with Gasteiger partial charge in [0, 0.05) is 0 Å². The van der Waals surface area contributed by atoms with E-state index in [4.69, 9.17) is 0 Å². The number of nitrogens with one attached hydrogen (secondary N) is 1. The minimum absolute atomic E-state index is 0.517. The highest BCUT2D eigenvalue weighted by atomic mass is 19.4. The monoisotopic (exact) mass is 212 g/mol. The van der Waals surface area contributed by atoms with E-state index in [1.54, 1.807) is 0 Å². The molecule has 0 fully saturated rings. The third-order valence-corrected chi connectivity index (χ3v) is 1.92. The fraction of sp³-hybridized carbons (Fsp3) is 1.00. The second kappa shape index (κ2) is 7.06. The highest BCUT2D eigenvalue weighted by Crippen LogP contribution is 2.15. The molecule has 1 N–H and O–H groups in total. The predicted molar refractivity (Wildman–Crippen MR) is 51.3 cm³/mol. The Morgan fingerprint density at radius 2 is 1.79 bits per heavy atom. The van der Waals surface area contributed by atoms with Gasteiger partial charge in [0.15, 0.2) is 0 Å². The Labute approximate surface area is 83.5 Å². The molecule has 0 spiro atoms. The molecule has 0 bridgehead atoms. The molecule has 5 heteroatoms. The van der Waals surface area contributed by atoms with Crippen LogP contribution in [-0.2, 0) is 0 Å². The lowest BCUT2D eigenvalue weighted by molar-refractivity contribution is -0.143. The van der Waals surface area contributed by atoms with E-state index in [2.05, 4.69) is 5.32 Å². The SMILES string of the molecule is CNCCCCCN(C)CC(F)(F)F. The van der Waals surface area contributed by atoms with Gasteiger partial charge in [-0.3, -0.25) is 4.90 Å².